The van der Waals surface area contributed by atoms with Crippen LogP contribution in [0.1, 0.15) is 39.0 Å². The van der Waals surface area contributed by atoms with E-state index >= 15 is 0 Å². The van der Waals surface area contributed by atoms with E-state index in [2.05, 4.69) is 0 Å². The Kier molecular flexibility index (Phi) is 8.39. The number of aromatic nitrogens is 1. The lowest BCUT2D eigenvalue weighted by atomic mass is 10.0. The van der Waals surface area contributed by atoms with Crippen molar-refractivity contribution < 1.29 is 27.5 Å². The third kappa shape index (κ3) is 6.45. The SMILES string of the molecule is CCN(CCC=S(=O)=O)c1ccc2nc3c4cc(OCCCCCC(=O)O)ccc4c(=O)cc-3oc2c1. The van der Waals surface area contributed by atoms with Crippen LogP contribution in [0.15, 0.2) is 51.7 Å². The van der Waals surface area contributed by atoms with Gasteiger partial charge in [-0.1, -0.05) is 0 Å². The van der Waals surface area contributed by atoms with E-state index in [0.717, 1.165) is 18.5 Å². The highest BCUT2D eigenvalue weighted by atomic mass is 32.2. The van der Waals surface area contributed by atoms with Crippen molar-refractivity contribution >= 4 is 49.2 Å². The highest BCUT2D eigenvalue weighted by molar-refractivity contribution is 7.71. The van der Waals surface area contributed by atoms with Gasteiger partial charge < -0.3 is 19.2 Å². The maximum atomic E-state index is 12.8. The number of aliphatic carboxylic acids is 1. The van der Waals surface area contributed by atoms with Crippen molar-refractivity contribution in [1.82, 2.24) is 4.98 Å². The fourth-order valence-corrected chi connectivity index (χ4v) is 4.54. The van der Waals surface area contributed by atoms with Crippen molar-refractivity contribution in [3.8, 4) is 17.2 Å². The summed E-state index contributed by atoms with van der Waals surface area (Å²) in [7, 11) is -2.19. The lowest BCUT2D eigenvalue weighted by molar-refractivity contribution is -0.137. The van der Waals surface area contributed by atoms with Crippen molar-refractivity contribution in [3.63, 3.8) is 0 Å². The molecule has 0 spiro atoms. The maximum absolute atomic E-state index is 12.8. The van der Waals surface area contributed by atoms with E-state index in [1.54, 1.807) is 18.2 Å². The molecular weight excluding hydrogens is 496 g/mol. The minimum Gasteiger partial charge on any atom is -0.494 e. The summed E-state index contributed by atoms with van der Waals surface area (Å²) in [6, 6.07) is 12.3. The first-order valence-corrected chi connectivity index (χ1v) is 13.3. The van der Waals surface area contributed by atoms with Gasteiger partial charge in [-0.3, -0.25) is 9.59 Å². The van der Waals surface area contributed by atoms with E-state index in [1.807, 2.05) is 30.0 Å². The number of carboxylic acid groups (broad SMARTS) is 1. The molecular formula is C27H28N2O7S. The van der Waals surface area contributed by atoms with E-state index in [4.69, 9.17) is 19.2 Å². The van der Waals surface area contributed by atoms with Crippen LogP contribution in [0.4, 0.5) is 5.69 Å². The van der Waals surface area contributed by atoms with E-state index < -0.39 is 16.3 Å². The molecule has 0 fully saturated rings. The Bertz CT molecular complexity index is 1590. The maximum Gasteiger partial charge on any atom is 0.303 e. The molecule has 1 aliphatic carbocycles. The van der Waals surface area contributed by atoms with E-state index in [-0.39, 0.29) is 11.8 Å². The monoisotopic (exact) mass is 524 g/mol. The number of carboxylic acids is 1. The van der Waals surface area contributed by atoms with Crippen LogP contribution >= 0.6 is 0 Å². The zero-order valence-corrected chi connectivity index (χ0v) is 21.3. The van der Waals surface area contributed by atoms with Crippen LogP contribution in [0, 0.1) is 0 Å². The van der Waals surface area contributed by atoms with Crippen molar-refractivity contribution in [3.05, 3.63) is 52.7 Å². The molecule has 1 aliphatic heterocycles. The number of hydrogen-bond acceptors (Lipinski definition) is 8. The number of anilines is 1. The second-order valence-corrected chi connectivity index (χ2v) is 9.50. The Hall–Kier alpha value is -3.92. The Balaban J connectivity index is 1.62. The van der Waals surface area contributed by atoms with Gasteiger partial charge in [0.05, 0.1) is 6.61 Å². The second kappa shape index (κ2) is 11.9. The molecule has 1 heterocycles. The molecule has 1 N–H and O–H groups in total. The summed E-state index contributed by atoms with van der Waals surface area (Å²) in [6.07, 6.45) is 2.64. The molecule has 0 aromatic heterocycles. The Labute approximate surface area is 215 Å². The highest BCUT2D eigenvalue weighted by Gasteiger charge is 2.17. The van der Waals surface area contributed by atoms with Crippen LogP contribution in [0.3, 0.4) is 0 Å². The number of nitrogens with zero attached hydrogens (tertiary/aromatic N) is 2. The van der Waals surface area contributed by atoms with Gasteiger partial charge in [-0.2, -0.15) is 8.42 Å². The summed E-state index contributed by atoms with van der Waals surface area (Å²) in [5.74, 6) is 0.170. The minimum atomic E-state index is -2.19. The third-order valence-electron chi connectivity index (χ3n) is 6.11. The van der Waals surface area contributed by atoms with Gasteiger partial charge in [0, 0.05) is 53.5 Å². The molecule has 2 aromatic rings. The van der Waals surface area contributed by atoms with Gasteiger partial charge in [0.1, 0.15) is 17.0 Å². The Morgan fingerprint density at radius 1 is 1.11 bits per heavy atom. The van der Waals surface area contributed by atoms with Crippen molar-refractivity contribution in [2.75, 3.05) is 24.6 Å². The first kappa shape index (κ1) is 26.2. The molecule has 4 rings (SSSR count). The Morgan fingerprint density at radius 3 is 2.70 bits per heavy atom. The molecule has 0 bridgehead atoms. The molecule has 10 heteroatoms. The molecule has 0 saturated heterocycles. The van der Waals surface area contributed by atoms with E-state index in [0.29, 0.717) is 71.6 Å². The molecule has 9 nitrogen and oxygen atoms in total. The lowest BCUT2D eigenvalue weighted by Gasteiger charge is -2.22. The predicted molar refractivity (Wildman–Crippen MR) is 143 cm³/mol. The van der Waals surface area contributed by atoms with E-state index in [9.17, 15) is 18.0 Å². The van der Waals surface area contributed by atoms with Gasteiger partial charge in [-0.05, 0) is 62.9 Å². The molecule has 0 unspecified atom stereocenters. The van der Waals surface area contributed by atoms with Crippen molar-refractivity contribution in [2.24, 2.45) is 0 Å². The summed E-state index contributed by atoms with van der Waals surface area (Å²) in [5.41, 5.74) is 2.39. The number of fused-ring (bicyclic) bond motifs is 4. The largest absolute Gasteiger partial charge is 0.494 e. The summed E-state index contributed by atoms with van der Waals surface area (Å²) >= 11 is 0. The minimum absolute atomic E-state index is 0.150. The summed E-state index contributed by atoms with van der Waals surface area (Å²) < 4.78 is 33.6. The fourth-order valence-electron chi connectivity index (χ4n) is 4.25. The van der Waals surface area contributed by atoms with Crippen LogP contribution in [-0.2, 0) is 15.1 Å². The zero-order valence-electron chi connectivity index (χ0n) is 20.5. The van der Waals surface area contributed by atoms with Gasteiger partial charge in [0.2, 0.25) is 10.3 Å². The Morgan fingerprint density at radius 2 is 1.95 bits per heavy atom. The molecule has 0 radical (unpaired) electrons. The first-order chi connectivity index (χ1) is 17.9. The van der Waals surface area contributed by atoms with Crippen molar-refractivity contribution in [1.29, 1.82) is 0 Å². The number of carbonyl (C=O) groups is 1. The molecule has 2 aliphatic rings. The normalized spacial score (nSPS) is 11.2. The summed E-state index contributed by atoms with van der Waals surface area (Å²) in [5, 5.41) is 11.1. The van der Waals surface area contributed by atoms with Gasteiger partial charge in [0.25, 0.3) is 0 Å². The topological polar surface area (TPSA) is 127 Å². The lowest BCUT2D eigenvalue weighted by Crippen LogP contribution is -2.24. The summed E-state index contributed by atoms with van der Waals surface area (Å²) in [6.45, 7) is 3.65. The standard InChI is InChI=1S/C27H28N2O7S/c1-2-29(12-6-14-37(33)34)18-8-11-22-24(15-18)36-25-17-23(30)20-10-9-19(16-21(20)27(25)28-22)35-13-5-3-4-7-26(31)32/h8-11,14-17H,2-7,12-13H2,1H3,(H,31,32). The first-order valence-electron chi connectivity index (χ1n) is 12.2. The second-order valence-electron chi connectivity index (χ2n) is 8.64. The van der Waals surface area contributed by atoms with E-state index in [1.165, 1.54) is 11.4 Å². The quantitative estimate of drug-likeness (QED) is 0.124. The zero-order chi connectivity index (χ0) is 26.4. The molecule has 2 aromatic carbocycles. The van der Waals surface area contributed by atoms with Crippen molar-refractivity contribution in [2.45, 2.75) is 39.0 Å². The van der Waals surface area contributed by atoms with Gasteiger partial charge in [0.15, 0.2) is 16.8 Å². The number of unbranched alkanes of at least 4 members (excludes halogenated alkanes) is 2. The van der Waals surface area contributed by atoms with Gasteiger partial charge in [-0.15, -0.1) is 0 Å². The molecule has 0 atom stereocenters. The number of hydrogen-bond donors (Lipinski definition) is 1. The van der Waals surface area contributed by atoms with Crippen LogP contribution in [0.5, 0.6) is 5.75 Å². The number of rotatable bonds is 12. The molecule has 0 saturated carbocycles. The fraction of sp³-hybridized carbons (Fsp3) is 0.333. The van der Waals surface area contributed by atoms with Crippen LogP contribution in [0.2, 0.25) is 0 Å². The number of benzene rings is 3. The van der Waals surface area contributed by atoms with Gasteiger partial charge >= 0.3 is 5.97 Å². The number of ether oxygens (including phenoxy) is 1. The van der Waals surface area contributed by atoms with Crippen LogP contribution in [0.25, 0.3) is 33.3 Å². The summed E-state index contributed by atoms with van der Waals surface area (Å²) in [4.78, 5) is 30.2. The average molecular weight is 525 g/mol. The highest BCUT2D eigenvalue weighted by Crippen LogP contribution is 2.33. The third-order valence-corrected chi connectivity index (χ3v) is 6.61. The molecule has 194 valence electrons. The molecule has 0 amide bonds. The molecule has 37 heavy (non-hydrogen) atoms. The smallest absolute Gasteiger partial charge is 0.303 e. The van der Waals surface area contributed by atoms with Gasteiger partial charge in [-0.25, -0.2) is 4.98 Å². The predicted octanol–water partition coefficient (Wildman–Crippen LogP) is 4.37. The average Bonchev–Trinajstić information content (AvgIpc) is 2.87. The van der Waals surface area contributed by atoms with Crippen LogP contribution < -0.4 is 15.1 Å². The van der Waals surface area contributed by atoms with Crippen LogP contribution in [-0.4, -0.2) is 49.5 Å².